The standard InChI is InChI=1S/C21H26N6O/c1-14-6-5-7-17(12-14)22-21-18-13-26(16(3)28)11-9-20(18)27(24-21)15(2)19-8-10-25(4)23-19/h5-12,15,21-22,24H,13H2,1-4H3. The number of amides is 1. The molecule has 4 rings (SSSR count). The molecule has 0 radical (unpaired) electrons. The Morgan fingerprint density at radius 1 is 1.36 bits per heavy atom. The van der Waals surface area contributed by atoms with E-state index in [4.69, 9.17) is 0 Å². The van der Waals surface area contributed by atoms with Crippen LogP contribution in [0.15, 0.2) is 60.1 Å². The average Bonchev–Trinajstić information content (AvgIpc) is 3.25. The molecule has 2 atom stereocenters. The number of hydrogen-bond acceptors (Lipinski definition) is 5. The minimum atomic E-state index is -0.102. The summed E-state index contributed by atoms with van der Waals surface area (Å²) in [5, 5.41) is 10.3. The van der Waals surface area contributed by atoms with Gasteiger partial charge in [0.2, 0.25) is 5.91 Å². The van der Waals surface area contributed by atoms with Gasteiger partial charge in [0.1, 0.15) is 6.17 Å². The summed E-state index contributed by atoms with van der Waals surface area (Å²) in [6.45, 7) is 6.35. The Morgan fingerprint density at radius 3 is 2.86 bits per heavy atom. The first-order valence-electron chi connectivity index (χ1n) is 9.49. The summed E-state index contributed by atoms with van der Waals surface area (Å²) < 4.78 is 1.81. The molecule has 2 unspecified atom stereocenters. The monoisotopic (exact) mass is 378 g/mol. The van der Waals surface area contributed by atoms with E-state index >= 15 is 0 Å². The maximum absolute atomic E-state index is 11.9. The van der Waals surface area contributed by atoms with Gasteiger partial charge in [0.15, 0.2) is 0 Å². The molecule has 0 bridgehead atoms. The van der Waals surface area contributed by atoms with Crippen molar-refractivity contribution in [2.24, 2.45) is 7.05 Å². The zero-order valence-corrected chi connectivity index (χ0v) is 16.7. The van der Waals surface area contributed by atoms with Gasteiger partial charge in [-0.05, 0) is 43.7 Å². The van der Waals surface area contributed by atoms with Gasteiger partial charge >= 0.3 is 0 Å². The molecule has 28 heavy (non-hydrogen) atoms. The molecule has 1 aromatic carbocycles. The zero-order chi connectivity index (χ0) is 19.8. The van der Waals surface area contributed by atoms with E-state index in [-0.39, 0.29) is 18.1 Å². The van der Waals surface area contributed by atoms with Gasteiger partial charge < -0.3 is 10.2 Å². The van der Waals surface area contributed by atoms with E-state index in [1.807, 2.05) is 42.3 Å². The zero-order valence-electron chi connectivity index (χ0n) is 16.7. The molecule has 146 valence electrons. The van der Waals surface area contributed by atoms with Crippen LogP contribution in [-0.2, 0) is 11.8 Å². The van der Waals surface area contributed by atoms with Crippen molar-refractivity contribution < 1.29 is 4.79 Å². The number of allylic oxidation sites excluding steroid dienone is 1. The van der Waals surface area contributed by atoms with E-state index in [0.29, 0.717) is 6.54 Å². The maximum Gasteiger partial charge on any atom is 0.223 e. The third-order valence-corrected chi connectivity index (χ3v) is 5.24. The van der Waals surface area contributed by atoms with Gasteiger partial charge in [-0.1, -0.05) is 12.1 Å². The number of carbonyl (C=O) groups is 1. The van der Waals surface area contributed by atoms with Gasteiger partial charge in [-0.25, -0.2) is 5.43 Å². The molecule has 2 aromatic rings. The molecule has 2 N–H and O–H groups in total. The topological polar surface area (TPSA) is 65.4 Å². The molecule has 2 aliphatic heterocycles. The molecular formula is C21H26N6O. The third kappa shape index (κ3) is 3.41. The molecular weight excluding hydrogens is 352 g/mol. The number of rotatable bonds is 4. The predicted octanol–water partition coefficient (Wildman–Crippen LogP) is 2.68. The fraction of sp³-hybridized carbons (Fsp3) is 0.333. The van der Waals surface area contributed by atoms with Crippen molar-refractivity contribution in [3.63, 3.8) is 0 Å². The number of benzene rings is 1. The number of anilines is 1. The van der Waals surface area contributed by atoms with Crippen molar-refractivity contribution in [1.82, 2.24) is 25.1 Å². The Hall–Kier alpha value is -3.06. The van der Waals surface area contributed by atoms with E-state index in [2.05, 4.69) is 52.9 Å². The highest BCUT2D eigenvalue weighted by Crippen LogP contribution is 2.33. The Bertz CT molecular complexity index is 959. The van der Waals surface area contributed by atoms with Crippen molar-refractivity contribution in [2.75, 3.05) is 11.9 Å². The number of hydrogen-bond donors (Lipinski definition) is 2. The van der Waals surface area contributed by atoms with Crippen molar-refractivity contribution >= 4 is 11.6 Å². The molecule has 0 saturated carbocycles. The molecule has 2 aliphatic rings. The molecule has 0 aliphatic carbocycles. The van der Waals surface area contributed by atoms with Gasteiger partial charge in [-0.3, -0.25) is 14.5 Å². The first-order chi connectivity index (χ1) is 13.4. The van der Waals surface area contributed by atoms with Crippen LogP contribution in [0.5, 0.6) is 0 Å². The molecule has 7 nitrogen and oxygen atoms in total. The average molecular weight is 378 g/mol. The summed E-state index contributed by atoms with van der Waals surface area (Å²) in [5.74, 6) is 0.0355. The highest BCUT2D eigenvalue weighted by Gasteiger charge is 2.36. The maximum atomic E-state index is 11.9. The second-order valence-electron chi connectivity index (χ2n) is 7.41. The van der Waals surface area contributed by atoms with Gasteiger partial charge in [0, 0.05) is 37.6 Å². The minimum Gasteiger partial charge on any atom is -0.365 e. The summed E-state index contributed by atoms with van der Waals surface area (Å²) in [6.07, 6.45) is 5.71. The third-order valence-electron chi connectivity index (χ3n) is 5.24. The van der Waals surface area contributed by atoms with Gasteiger partial charge in [0.25, 0.3) is 0 Å². The van der Waals surface area contributed by atoms with Crippen LogP contribution in [0.2, 0.25) is 0 Å². The Kier molecular flexibility index (Phi) is 4.68. The fourth-order valence-corrected chi connectivity index (χ4v) is 3.69. The van der Waals surface area contributed by atoms with Crippen molar-refractivity contribution in [3.05, 3.63) is 71.3 Å². The normalized spacial score (nSPS) is 19.8. The molecule has 7 heteroatoms. The van der Waals surface area contributed by atoms with Crippen LogP contribution < -0.4 is 10.7 Å². The Labute approximate surface area is 165 Å². The number of nitrogens with zero attached hydrogens (tertiary/aromatic N) is 4. The fourth-order valence-electron chi connectivity index (χ4n) is 3.69. The summed E-state index contributed by atoms with van der Waals surface area (Å²) >= 11 is 0. The SMILES string of the molecule is CC(=O)N1C=CC2=C(C1)C(Nc1cccc(C)c1)NN2C(C)c1ccn(C)n1. The highest BCUT2D eigenvalue weighted by atomic mass is 16.2. The number of hydrazine groups is 1. The van der Waals surface area contributed by atoms with Crippen molar-refractivity contribution in [1.29, 1.82) is 0 Å². The molecule has 0 fully saturated rings. The van der Waals surface area contributed by atoms with E-state index in [1.54, 1.807) is 11.8 Å². The predicted molar refractivity (Wildman–Crippen MR) is 109 cm³/mol. The Balaban J connectivity index is 1.64. The number of carbonyl (C=O) groups excluding carboxylic acids is 1. The lowest BCUT2D eigenvalue weighted by atomic mass is 10.1. The molecule has 0 spiro atoms. The van der Waals surface area contributed by atoms with Crippen LogP contribution in [0, 0.1) is 6.92 Å². The number of aryl methyl sites for hydroxylation is 2. The second kappa shape index (κ2) is 7.16. The minimum absolute atomic E-state index is 0.0355. The van der Waals surface area contributed by atoms with Crippen LogP contribution in [0.4, 0.5) is 5.69 Å². The smallest absolute Gasteiger partial charge is 0.223 e. The summed E-state index contributed by atoms with van der Waals surface area (Å²) in [4.78, 5) is 13.7. The van der Waals surface area contributed by atoms with E-state index < -0.39 is 0 Å². The second-order valence-corrected chi connectivity index (χ2v) is 7.41. The van der Waals surface area contributed by atoms with Gasteiger partial charge in [-0.2, -0.15) is 5.10 Å². The van der Waals surface area contributed by atoms with Crippen LogP contribution >= 0.6 is 0 Å². The van der Waals surface area contributed by atoms with Crippen LogP contribution in [0.3, 0.4) is 0 Å². The molecule has 0 saturated heterocycles. The van der Waals surface area contributed by atoms with Crippen molar-refractivity contribution in [2.45, 2.75) is 33.0 Å². The molecule has 1 amide bonds. The van der Waals surface area contributed by atoms with Crippen LogP contribution in [0.1, 0.15) is 31.1 Å². The first kappa shape index (κ1) is 18.3. The summed E-state index contributed by atoms with van der Waals surface area (Å²) in [7, 11) is 1.92. The first-order valence-corrected chi connectivity index (χ1v) is 9.49. The largest absolute Gasteiger partial charge is 0.365 e. The lowest BCUT2D eigenvalue weighted by molar-refractivity contribution is -0.126. The quantitative estimate of drug-likeness (QED) is 0.856. The summed E-state index contributed by atoms with van der Waals surface area (Å²) in [6, 6.07) is 10.4. The van der Waals surface area contributed by atoms with Crippen LogP contribution in [-0.4, -0.2) is 38.3 Å². The van der Waals surface area contributed by atoms with Crippen LogP contribution in [0.25, 0.3) is 0 Å². The molecule has 1 aromatic heterocycles. The van der Waals surface area contributed by atoms with E-state index in [9.17, 15) is 4.79 Å². The lowest BCUT2D eigenvalue weighted by Gasteiger charge is -2.29. The lowest BCUT2D eigenvalue weighted by Crippen LogP contribution is -2.43. The number of aromatic nitrogens is 2. The van der Waals surface area contributed by atoms with E-state index in [0.717, 1.165) is 22.7 Å². The van der Waals surface area contributed by atoms with Crippen molar-refractivity contribution in [3.8, 4) is 0 Å². The summed E-state index contributed by atoms with van der Waals surface area (Å²) in [5.41, 5.74) is 9.03. The van der Waals surface area contributed by atoms with Gasteiger partial charge in [-0.15, -0.1) is 0 Å². The Morgan fingerprint density at radius 2 is 2.18 bits per heavy atom. The molecule has 3 heterocycles. The highest BCUT2D eigenvalue weighted by molar-refractivity contribution is 5.75. The van der Waals surface area contributed by atoms with Gasteiger partial charge in [0.05, 0.1) is 24.0 Å². The number of nitrogens with one attached hydrogen (secondary N) is 2. The van der Waals surface area contributed by atoms with E-state index in [1.165, 1.54) is 5.56 Å².